The highest BCUT2D eigenvalue weighted by molar-refractivity contribution is 5.30. The second kappa shape index (κ2) is 5.65. The lowest BCUT2D eigenvalue weighted by atomic mass is 9.88. The molecule has 1 aliphatic rings. The van der Waals surface area contributed by atoms with Gasteiger partial charge in [0, 0.05) is 19.1 Å². The highest BCUT2D eigenvalue weighted by Crippen LogP contribution is 2.33. The molecule has 1 aliphatic heterocycles. The number of nitrogens with one attached hydrogen (secondary N) is 1. The van der Waals surface area contributed by atoms with Crippen LogP contribution in [0, 0.1) is 19.8 Å². The average molecular weight is 233 g/mol. The highest BCUT2D eigenvalue weighted by Gasteiger charge is 2.26. The minimum absolute atomic E-state index is 0.273. The number of hydrogen-bond donors (Lipinski definition) is 1. The lowest BCUT2D eigenvalue weighted by Crippen LogP contribution is -2.30. The van der Waals surface area contributed by atoms with E-state index in [2.05, 4.69) is 37.4 Å². The Balaban J connectivity index is 2.22. The van der Waals surface area contributed by atoms with E-state index in [-0.39, 0.29) is 6.10 Å². The van der Waals surface area contributed by atoms with Crippen molar-refractivity contribution in [3.63, 3.8) is 0 Å². The fraction of sp³-hybridized carbons (Fsp3) is 0.600. The summed E-state index contributed by atoms with van der Waals surface area (Å²) < 4.78 is 6.00. The van der Waals surface area contributed by atoms with Crippen molar-refractivity contribution in [2.75, 3.05) is 20.2 Å². The molecule has 2 atom stereocenters. The number of hydrogen-bond acceptors (Lipinski definition) is 2. The molecule has 0 aromatic heterocycles. The number of aryl methyl sites for hydroxylation is 2. The SMILES string of the molecule is CNCC1CCCOC1c1cc(C)cc(C)c1. The van der Waals surface area contributed by atoms with Gasteiger partial charge in [-0.2, -0.15) is 0 Å². The molecule has 2 unspecified atom stereocenters. The predicted octanol–water partition coefficient (Wildman–Crippen LogP) is 2.99. The van der Waals surface area contributed by atoms with Crippen molar-refractivity contribution in [2.24, 2.45) is 5.92 Å². The molecule has 94 valence electrons. The molecular formula is C15H23NO. The zero-order valence-electron chi connectivity index (χ0n) is 11.1. The van der Waals surface area contributed by atoms with Crippen molar-refractivity contribution in [3.05, 3.63) is 34.9 Å². The van der Waals surface area contributed by atoms with Gasteiger partial charge in [-0.3, -0.25) is 0 Å². The van der Waals surface area contributed by atoms with Crippen molar-refractivity contribution < 1.29 is 4.74 Å². The van der Waals surface area contributed by atoms with Crippen LogP contribution in [0.5, 0.6) is 0 Å². The van der Waals surface area contributed by atoms with Crippen LogP contribution < -0.4 is 5.32 Å². The summed E-state index contributed by atoms with van der Waals surface area (Å²) in [6.07, 6.45) is 2.72. The largest absolute Gasteiger partial charge is 0.373 e. The summed E-state index contributed by atoms with van der Waals surface area (Å²) in [7, 11) is 2.02. The Morgan fingerprint density at radius 3 is 2.59 bits per heavy atom. The topological polar surface area (TPSA) is 21.3 Å². The van der Waals surface area contributed by atoms with Gasteiger partial charge in [-0.1, -0.05) is 29.3 Å². The summed E-state index contributed by atoms with van der Waals surface area (Å²) >= 11 is 0. The first-order valence-electron chi connectivity index (χ1n) is 6.55. The van der Waals surface area contributed by atoms with Crippen LogP contribution in [0.1, 0.15) is 35.6 Å². The first-order chi connectivity index (χ1) is 8.20. The molecule has 1 saturated heterocycles. The van der Waals surface area contributed by atoms with E-state index in [0.717, 1.165) is 13.2 Å². The van der Waals surface area contributed by atoms with Crippen LogP contribution in [0.2, 0.25) is 0 Å². The zero-order chi connectivity index (χ0) is 12.3. The van der Waals surface area contributed by atoms with E-state index >= 15 is 0 Å². The molecular weight excluding hydrogens is 210 g/mol. The van der Waals surface area contributed by atoms with E-state index in [1.54, 1.807) is 0 Å². The number of ether oxygens (including phenoxy) is 1. The lowest BCUT2D eigenvalue weighted by Gasteiger charge is -2.32. The normalized spacial score (nSPS) is 24.9. The first-order valence-corrected chi connectivity index (χ1v) is 6.55. The van der Waals surface area contributed by atoms with Crippen LogP contribution in [0.25, 0.3) is 0 Å². The van der Waals surface area contributed by atoms with Gasteiger partial charge in [0.2, 0.25) is 0 Å². The van der Waals surface area contributed by atoms with Crippen LogP contribution >= 0.6 is 0 Å². The Hall–Kier alpha value is -0.860. The Bertz CT molecular complexity index is 353. The van der Waals surface area contributed by atoms with Gasteiger partial charge in [-0.15, -0.1) is 0 Å². The Kier molecular flexibility index (Phi) is 4.19. The summed E-state index contributed by atoms with van der Waals surface area (Å²) in [5.41, 5.74) is 4.01. The quantitative estimate of drug-likeness (QED) is 0.866. The molecule has 1 heterocycles. The van der Waals surface area contributed by atoms with Crippen LogP contribution in [0.4, 0.5) is 0 Å². The summed E-state index contributed by atoms with van der Waals surface area (Å²) in [5.74, 6) is 0.606. The predicted molar refractivity (Wildman–Crippen MR) is 71.3 cm³/mol. The third kappa shape index (κ3) is 3.08. The monoisotopic (exact) mass is 233 g/mol. The molecule has 1 aromatic carbocycles. The van der Waals surface area contributed by atoms with E-state index in [1.807, 2.05) is 7.05 Å². The standard InChI is InChI=1S/C15H23NO/c1-11-7-12(2)9-14(8-11)15-13(10-16-3)5-4-6-17-15/h7-9,13,15-16H,4-6,10H2,1-3H3. The zero-order valence-corrected chi connectivity index (χ0v) is 11.1. The smallest absolute Gasteiger partial charge is 0.0865 e. The van der Waals surface area contributed by atoms with Crippen molar-refractivity contribution >= 4 is 0 Å². The minimum Gasteiger partial charge on any atom is -0.373 e. The van der Waals surface area contributed by atoms with Crippen molar-refractivity contribution in [3.8, 4) is 0 Å². The van der Waals surface area contributed by atoms with E-state index in [0.29, 0.717) is 5.92 Å². The fourth-order valence-corrected chi connectivity index (χ4v) is 2.86. The van der Waals surface area contributed by atoms with Gasteiger partial charge in [0.15, 0.2) is 0 Å². The van der Waals surface area contributed by atoms with E-state index in [4.69, 9.17) is 4.74 Å². The van der Waals surface area contributed by atoms with Gasteiger partial charge in [-0.05, 0) is 39.3 Å². The maximum absolute atomic E-state index is 6.00. The molecule has 0 spiro atoms. The number of benzene rings is 1. The van der Waals surface area contributed by atoms with Gasteiger partial charge in [0.05, 0.1) is 6.10 Å². The van der Waals surface area contributed by atoms with Gasteiger partial charge < -0.3 is 10.1 Å². The summed E-state index contributed by atoms with van der Waals surface area (Å²) in [6, 6.07) is 6.76. The average Bonchev–Trinajstić information content (AvgIpc) is 2.29. The van der Waals surface area contributed by atoms with Gasteiger partial charge in [0.1, 0.15) is 0 Å². The van der Waals surface area contributed by atoms with Gasteiger partial charge >= 0.3 is 0 Å². The van der Waals surface area contributed by atoms with Crippen molar-refractivity contribution in [2.45, 2.75) is 32.8 Å². The molecule has 0 bridgehead atoms. The molecule has 2 heteroatoms. The third-order valence-electron chi connectivity index (χ3n) is 3.48. The van der Waals surface area contributed by atoms with Crippen molar-refractivity contribution in [1.82, 2.24) is 5.32 Å². The molecule has 1 fully saturated rings. The first kappa shape index (κ1) is 12.6. The van der Waals surface area contributed by atoms with Crippen LogP contribution in [0.15, 0.2) is 18.2 Å². The maximum Gasteiger partial charge on any atom is 0.0865 e. The van der Waals surface area contributed by atoms with Gasteiger partial charge in [-0.25, -0.2) is 0 Å². The molecule has 0 radical (unpaired) electrons. The molecule has 0 amide bonds. The second-order valence-corrected chi connectivity index (χ2v) is 5.17. The Morgan fingerprint density at radius 2 is 1.94 bits per heavy atom. The fourth-order valence-electron chi connectivity index (χ4n) is 2.86. The lowest BCUT2D eigenvalue weighted by molar-refractivity contribution is -0.0273. The van der Waals surface area contributed by atoms with E-state index in [1.165, 1.54) is 29.5 Å². The maximum atomic E-state index is 6.00. The second-order valence-electron chi connectivity index (χ2n) is 5.17. The molecule has 1 aromatic rings. The molecule has 0 saturated carbocycles. The van der Waals surface area contributed by atoms with Crippen LogP contribution in [-0.2, 0) is 4.74 Å². The molecule has 1 N–H and O–H groups in total. The number of rotatable bonds is 3. The van der Waals surface area contributed by atoms with E-state index in [9.17, 15) is 0 Å². The van der Waals surface area contributed by atoms with Crippen LogP contribution in [0.3, 0.4) is 0 Å². The Morgan fingerprint density at radius 1 is 1.24 bits per heavy atom. The molecule has 2 rings (SSSR count). The third-order valence-corrected chi connectivity index (χ3v) is 3.48. The van der Waals surface area contributed by atoms with Crippen molar-refractivity contribution in [1.29, 1.82) is 0 Å². The minimum atomic E-state index is 0.273. The molecule has 2 nitrogen and oxygen atoms in total. The van der Waals surface area contributed by atoms with Crippen LogP contribution in [-0.4, -0.2) is 20.2 Å². The summed E-state index contributed by atoms with van der Waals surface area (Å²) in [5, 5.41) is 3.29. The highest BCUT2D eigenvalue weighted by atomic mass is 16.5. The van der Waals surface area contributed by atoms with E-state index < -0.39 is 0 Å². The van der Waals surface area contributed by atoms with Gasteiger partial charge in [0.25, 0.3) is 0 Å². The molecule has 17 heavy (non-hydrogen) atoms. The molecule has 0 aliphatic carbocycles. The summed E-state index contributed by atoms with van der Waals surface area (Å²) in [6.45, 7) is 6.26. The Labute approximate surface area is 104 Å². The summed E-state index contributed by atoms with van der Waals surface area (Å²) in [4.78, 5) is 0.